The number of carbonyl (C=O) groups is 2. The van der Waals surface area contributed by atoms with Crippen LogP contribution >= 0.6 is 27.5 Å². The van der Waals surface area contributed by atoms with Gasteiger partial charge in [0.2, 0.25) is 5.91 Å². The second kappa shape index (κ2) is 13.5. The molecule has 0 radical (unpaired) electrons. The van der Waals surface area contributed by atoms with Crippen molar-refractivity contribution in [1.82, 2.24) is 10.2 Å². The monoisotopic (exact) mass is 570 g/mol. The van der Waals surface area contributed by atoms with Gasteiger partial charge in [-0.3, -0.25) is 9.59 Å². The van der Waals surface area contributed by atoms with Gasteiger partial charge in [-0.2, -0.15) is 0 Å². The van der Waals surface area contributed by atoms with Crippen LogP contribution < -0.4 is 10.1 Å². The van der Waals surface area contributed by atoms with Gasteiger partial charge in [-0.25, -0.2) is 0 Å². The molecule has 0 fully saturated rings. The summed E-state index contributed by atoms with van der Waals surface area (Å²) in [6.07, 6.45) is 1.19. The number of rotatable bonds is 11. The fourth-order valence-corrected chi connectivity index (χ4v) is 4.58. The number of halogens is 2. The number of hydrogen-bond donors (Lipinski definition) is 1. The Morgan fingerprint density at radius 3 is 2.42 bits per heavy atom. The Hall–Kier alpha value is -2.83. The zero-order valence-electron chi connectivity index (χ0n) is 20.8. The summed E-state index contributed by atoms with van der Waals surface area (Å²) in [4.78, 5) is 28.9. The zero-order valence-corrected chi connectivity index (χ0v) is 23.2. The first-order valence-corrected chi connectivity index (χ1v) is 13.2. The predicted molar refractivity (Wildman–Crippen MR) is 148 cm³/mol. The molecule has 0 heterocycles. The molecule has 0 saturated heterocycles. The van der Waals surface area contributed by atoms with Crippen molar-refractivity contribution in [3.8, 4) is 5.75 Å². The SMILES string of the molecule is CC[C@@H](C)NC(=O)[C@@H](Cc1ccccc1)N(Cc1ccccc1C)C(=O)COc1ccc(Cl)cc1Br. The number of amides is 2. The molecule has 2 amide bonds. The van der Waals surface area contributed by atoms with Gasteiger partial charge in [0.1, 0.15) is 11.8 Å². The molecule has 3 aromatic rings. The number of carbonyl (C=O) groups excluding carboxylic acids is 2. The van der Waals surface area contributed by atoms with Crippen molar-refractivity contribution in [3.63, 3.8) is 0 Å². The number of aryl methyl sites for hydroxylation is 1. The lowest BCUT2D eigenvalue weighted by molar-refractivity contribution is -0.143. The minimum absolute atomic E-state index is 0.00698. The van der Waals surface area contributed by atoms with E-state index < -0.39 is 6.04 Å². The average Bonchev–Trinajstić information content (AvgIpc) is 2.87. The fourth-order valence-electron chi connectivity index (χ4n) is 3.78. The number of hydrogen-bond acceptors (Lipinski definition) is 3. The second-order valence-corrected chi connectivity index (χ2v) is 10.1. The van der Waals surface area contributed by atoms with E-state index in [0.717, 1.165) is 23.1 Å². The van der Waals surface area contributed by atoms with Crippen LogP contribution in [0.5, 0.6) is 5.75 Å². The lowest BCUT2D eigenvalue weighted by atomic mass is 10.0. The summed E-state index contributed by atoms with van der Waals surface area (Å²) in [6, 6.07) is 22.1. The van der Waals surface area contributed by atoms with Gasteiger partial charge >= 0.3 is 0 Å². The number of benzene rings is 3. The van der Waals surface area contributed by atoms with E-state index >= 15 is 0 Å². The van der Waals surface area contributed by atoms with E-state index in [0.29, 0.717) is 28.2 Å². The molecule has 0 aliphatic rings. The van der Waals surface area contributed by atoms with Crippen molar-refractivity contribution in [2.24, 2.45) is 0 Å². The summed E-state index contributed by atoms with van der Waals surface area (Å²) in [6.45, 7) is 6.07. The summed E-state index contributed by atoms with van der Waals surface area (Å²) in [5, 5.41) is 3.64. The third kappa shape index (κ3) is 7.84. The van der Waals surface area contributed by atoms with Crippen LogP contribution in [-0.4, -0.2) is 35.4 Å². The maximum absolute atomic E-state index is 13.7. The summed E-state index contributed by atoms with van der Waals surface area (Å²) in [7, 11) is 0. The molecule has 0 aliphatic carbocycles. The molecule has 0 aliphatic heterocycles. The third-order valence-corrected chi connectivity index (χ3v) is 6.97. The minimum atomic E-state index is -0.703. The maximum atomic E-state index is 13.7. The fraction of sp³-hybridized carbons (Fsp3) is 0.310. The Kier molecular flexibility index (Phi) is 10.4. The molecule has 2 atom stereocenters. The van der Waals surface area contributed by atoms with E-state index in [-0.39, 0.29) is 24.5 Å². The Morgan fingerprint density at radius 1 is 1.06 bits per heavy atom. The van der Waals surface area contributed by atoms with Crippen LogP contribution in [0.4, 0.5) is 0 Å². The molecule has 0 saturated carbocycles. The van der Waals surface area contributed by atoms with Gasteiger partial charge in [0, 0.05) is 24.0 Å². The Balaban J connectivity index is 1.93. The second-order valence-electron chi connectivity index (χ2n) is 8.83. The molecule has 3 aromatic carbocycles. The van der Waals surface area contributed by atoms with E-state index in [1.165, 1.54) is 0 Å². The normalized spacial score (nSPS) is 12.5. The zero-order chi connectivity index (χ0) is 26.1. The summed E-state index contributed by atoms with van der Waals surface area (Å²) in [5.74, 6) is 0.0513. The lowest BCUT2D eigenvalue weighted by Crippen LogP contribution is -2.53. The highest BCUT2D eigenvalue weighted by molar-refractivity contribution is 9.10. The van der Waals surface area contributed by atoms with Crippen molar-refractivity contribution in [2.75, 3.05) is 6.61 Å². The Bertz CT molecular complexity index is 1170. The Morgan fingerprint density at radius 2 is 1.75 bits per heavy atom. The van der Waals surface area contributed by atoms with Crippen molar-refractivity contribution in [3.05, 3.63) is 99.0 Å². The van der Waals surface area contributed by atoms with Gasteiger partial charge in [-0.1, -0.05) is 73.1 Å². The molecular weight excluding hydrogens is 540 g/mol. The summed E-state index contributed by atoms with van der Waals surface area (Å²) >= 11 is 9.47. The molecule has 36 heavy (non-hydrogen) atoms. The molecule has 5 nitrogen and oxygen atoms in total. The topological polar surface area (TPSA) is 58.6 Å². The summed E-state index contributed by atoms with van der Waals surface area (Å²) in [5.41, 5.74) is 3.01. The molecule has 1 N–H and O–H groups in total. The molecule has 0 bridgehead atoms. The minimum Gasteiger partial charge on any atom is -0.483 e. The smallest absolute Gasteiger partial charge is 0.261 e. The van der Waals surface area contributed by atoms with E-state index in [2.05, 4.69) is 21.2 Å². The molecular formula is C29H32BrClN2O3. The van der Waals surface area contributed by atoms with Crippen molar-refractivity contribution >= 4 is 39.3 Å². The van der Waals surface area contributed by atoms with Gasteiger partial charge < -0.3 is 15.0 Å². The average molecular weight is 572 g/mol. The molecule has 3 rings (SSSR count). The molecule has 190 valence electrons. The number of ether oxygens (including phenoxy) is 1. The first kappa shape index (κ1) is 27.8. The van der Waals surface area contributed by atoms with E-state index in [1.54, 1.807) is 23.1 Å². The molecule has 7 heteroatoms. The number of nitrogens with one attached hydrogen (secondary N) is 1. The van der Waals surface area contributed by atoms with Crippen LogP contribution in [0.1, 0.15) is 37.0 Å². The quantitative estimate of drug-likeness (QED) is 0.292. The standard InChI is InChI=1S/C29H32BrClN2O3/c1-4-21(3)32-29(35)26(16-22-11-6-5-7-12-22)33(18-23-13-9-8-10-20(23)2)28(34)19-36-27-15-14-24(31)17-25(27)30/h5-15,17,21,26H,4,16,18-19H2,1-3H3,(H,32,35)/t21-,26-/m1/s1. The van der Waals surface area contributed by atoms with Gasteiger partial charge in [0.05, 0.1) is 4.47 Å². The highest BCUT2D eigenvalue weighted by atomic mass is 79.9. The number of nitrogens with zero attached hydrogens (tertiary/aromatic N) is 1. The van der Waals surface area contributed by atoms with E-state index in [1.807, 2.05) is 75.4 Å². The van der Waals surface area contributed by atoms with Crippen LogP contribution in [-0.2, 0) is 22.6 Å². The first-order chi connectivity index (χ1) is 17.3. The van der Waals surface area contributed by atoms with Gasteiger partial charge in [0.15, 0.2) is 6.61 Å². The Labute approximate surface area is 226 Å². The summed E-state index contributed by atoms with van der Waals surface area (Å²) < 4.78 is 6.51. The van der Waals surface area contributed by atoms with Crippen molar-refractivity contribution in [1.29, 1.82) is 0 Å². The van der Waals surface area contributed by atoms with Gasteiger partial charge in [0.25, 0.3) is 5.91 Å². The largest absolute Gasteiger partial charge is 0.483 e. The lowest BCUT2D eigenvalue weighted by Gasteiger charge is -2.32. The highest BCUT2D eigenvalue weighted by Crippen LogP contribution is 2.28. The molecule has 0 unspecified atom stereocenters. The van der Waals surface area contributed by atoms with E-state index in [4.69, 9.17) is 16.3 Å². The van der Waals surface area contributed by atoms with Crippen LogP contribution in [0.15, 0.2) is 77.3 Å². The van der Waals surface area contributed by atoms with Crippen LogP contribution in [0.25, 0.3) is 0 Å². The van der Waals surface area contributed by atoms with Crippen LogP contribution in [0, 0.1) is 6.92 Å². The van der Waals surface area contributed by atoms with Gasteiger partial charge in [-0.15, -0.1) is 0 Å². The van der Waals surface area contributed by atoms with Gasteiger partial charge in [-0.05, 0) is 71.1 Å². The third-order valence-electron chi connectivity index (χ3n) is 6.12. The molecule has 0 spiro atoms. The highest BCUT2D eigenvalue weighted by Gasteiger charge is 2.31. The first-order valence-electron chi connectivity index (χ1n) is 12.0. The van der Waals surface area contributed by atoms with E-state index in [9.17, 15) is 9.59 Å². The molecule has 0 aromatic heterocycles. The van der Waals surface area contributed by atoms with Crippen LogP contribution in [0.2, 0.25) is 5.02 Å². The predicted octanol–water partition coefficient (Wildman–Crippen LogP) is 6.34. The van der Waals surface area contributed by atoms with Crippen LogP contribution in [0.3, 0.4) is 0 Å². The van der Waals surface area contributed by atoms with Crippen molar-refractivity contribution in [2.45, 2.75) is 52.2 Å². The van der Waals surface area contributed by atoms with Crippen molar-refractivity contribution < 1.29 is 14.3 Å². The maximum Gasteiger partial charge on any atom is 0.261 e.